The Labute approximate surface area is 135 Å². The van der Waals surface area contributed by atoms with E-state index in [9.17, 15) is 18.4 Å². The number of rotatable bonds is 4. The predicted molar refractivity (Wildman–Crippen MR) is 79.7 cm³/mol. The third-order valence-electron chi connectivity index (χ3n) is 3.86. The molecular weight excluding hydrogens is 322 g/mol. The highest BCUT2D eigenvalue weighted by Crippen LogP contribution is 2.25. The van der Waals surface area contributed by atoms with Crippen LogP contribution in [0.4, 0.5) is 8.78 Å². The smallest absolute Gasteiger partial charge is 0.341 e. The normalized spacial score (nSPS) is 20.6. The third kappa shape index (κ3) is 3.98. The van der Waals surface area contributed by atoms with Gasteiger partial charge in [-0.1, -0.05) is 0 Å². The molecular formula is C15H16F2N4O3. The second-order valence-electron chi connectivity index (χ2n) is 5.70. The van der Waals surface area contributed by atoms with Gasteiger partial charge >= 0.3 is 5.69 Å². The largest absolute Gasteiger partial charge is 0.490 e. The van der Waals surface area contributed by atoms with Crippen LogP contribution in [0.15, 0.2) is 23.0 Å². The second-order valence-corrected chi connectivity index (χ2v) is 5.70. The number of H-pyrrole nitrogens is 2. The van der Waals surface area contributed by atoms with Gasteiger partial charge in [-0.05, 0) is 25.7 Å². The molecule has 24 heavy (non-hydrogen) atoms. The molecule has 1 aromatic carbocycles. The highest BCUT2D eigenvalue weighted by Gasteiger charge is 2.25. The summed E-state index contributed by atoms with van der Waals surface area (Å²) < 4.78 is 31.9. The number of carbonyl (C=O) groups is 1. The summed E-state index contributed by atoms with van der Waals surface area (Å²) in [6, 6.07) is 3.01. The molecule has 3 N–H and O–H groups in total. The van der Waals surface area contributed by atoms with Gasteiger partial charge in [-0.3, -0.25) is 9.78 Å². The van der Waals surface area contributed by atoms with Crippen molar-refractivity contribution in [3.05, 3.63) is 46.1 Å². The van der Waals surface area contributed by atoms with Crippen LogP contribution in [0.3, 0.4) is 0 Å². The predicted octanol–water partition coefficient (Wildman–Crippen LogP) is 1.50. The van der Waals surface area contributed by atoms with Gasteiger partial charge in [0.1, 0.15) is 17.4 Å². The highest BCUT2D eigenvalue weighted by atomic mass is 19.1. The number of aromatic nitrogens is 3. The average molecular weight is 338 g/mol. The molecule has 0 saturated heterocycles. The quantitative estimate of drug-likeness (QED) is 0.786. The number of ether oxygens (including phenoxy) is 1. The fraction of sp³-hybridized carbons (Fsp3) is 0.400. The molecule has 0 aliphatic heterocycles. The van der Waals surface area contributed by atoms with Crippen molar-refractivity contribution in [3.63, 3.8) is 0 Å². The van der Waals surface area contributed by atoms with Gasteiger partial charge in [0, 0.05) is 24.2 Å². The van der Waals surface area contributed by atoms with Crippen molar-refractivity contribution in [1.82, 2.24) is 20.5 Å². The summed E-state index contributed by atoms with van der Waals surface area (Å²) >= 11 is 0. The first-order valence-corrected chi connectivity index (χ1v) is 7.58. The molecule has 0 bridgehead atoms. The Balaban J connectivity index is 1.50. The third-order valence-corrected chi connectivity index (χ3v) is 3.86. The Morgan fingerprint density at radius 1 is 1.17 bits per heavy atom. The number of benzene rings is 1. The van der Waals surface area contributed by atoms with Gasteiger partial charge in [-0.2, -0.15) is 0 Å². The van der Waals surface area contributed by atoms with Crippen LogP contribution in [-0.4, -0.2) is 33.2 Å². The van der Waals surface area contributed by atoms with E-state index < -0.39 is 23.2 Å². The van der Waals surface area contributed by atoms with Crippen molar-refractivity contribution in [1.29, 1.82) is 0 Å². The van der Waals surface area contributed by atoms with Gasteiger partial charge in [0.25, 0.3) is 5.91 Å². The van der Waals surface area contributed by atoms with E-state index in [1.807, 2.05) is 0 Å². The van der Waals surface area contributed by atoms with E-state index in [0.29, 0.717) is 25.7 Å². The molecule has 1 aliphatic rings. The SMILES string of the molecule is O=C(NC1CCC(Oc2cc(F)cc(F)c2)CC1)c1n[nH]c(=O)[nH]1. The zero-order valence-electron chi connectivity index (χ0n) is 12.6. The van der Waals surface area contributed by atoms with Gasteiger partial charge in [0.2, 0.25) is 5.82 Å². The van der Waals surface area contributed by atoms with Crippen LogP contribution in [0.2, 0.25) is 0 Å². The zero-order valence-corrected chi connectivity index (χ0v) is 12.6. The number of halogens is 2. The Kier molecular flexibility index (Phi) is 4.59. The van der Waals surface area contributed by atoms with Crippen molar-refractivity contribution in [2.24, 2.45) is 0 Å². The Morgan fingerprint density at radius 3 is 2.42 bits per heavy atom. The Bertz CT molecular complexity index is 761. The Morgan fingerprint density at radius 2 is 1.83 bits per heavy atom. The van der Waals surface area contributed by atoms with Gasteiger partial charge in [0.15, 0.2) is 0 Å². The molecule has 2 aromatic rings. The number of nitrogens with one attached hydrogen (secondary N) is 3. The van der Waals surface area contributed by atoms with E-state index in [2.05, 4.69) is 20.5 Å². The molecule has 1 fully saturated rings. The van der Waals surface area contributed by atoms with E-state index in [0.717, 1.165) is 18.2 Å². The highest BCUT2D eigenvalue weighted by molar-refractivity contribution is 5.90. The molecule has 9 heteroatoms. The number of aromatic amines is 2. The summed E-state index contributed by atoms with van der Waals surface area (Å²) in [6.07, 6.45) is 2.43. The second kappa shape index (κ2) is 6.81. The fourth-order valence-corrected chi connectivity index (χ4v) is 2.75. The lowest BCUT2D eigenvalue weighted by atomic mass is 9.93. The summed E-state index contributed by atoms with van der Waals surface area (Å²) in [5, 5.41) is 8.48. The molecule has 0 unspecified atom stereocenters. The minimum absolute atomic E-state index is 0.0615. The molecule has 1 aromatic heterocycles. The maximum Gasteiger partial charge on any atom is 0.341 e. The van der Waals surface area contributed by atoms with Crippen LogP contribution >= 0.6 is 0 Å². The lowest BCUT2D eigenvalue weighted by molar-refractivity contribution is 0.0883. The molecule has 7 nitrogen and oxygen atoms in total. The summed E-state index contributed by atoms with van der Waals surface area (Å²) in [4.78, 5) is 25.1. The number of carbonyl (C=O) groups excluding carboxylic acids is 1. The van der Waals surface area contributed by atoms with E-state index in [-0.39, 0.29) is 23.7 Å². The van der Waals surface area contributed by atoms with Crippen LogP contribution in [0.5, 0.6) is 5.75 Å². The van der Waals surface area contributed by atoms with Crippen molar-refractivity contribution in [2.45, 2.75) is 37.8 Å². The summed E-state index contributed by atoms with van der Waals surface area (Å²) in [5.74, 6) is -1.72. The molecule has 128 valence electrons. The topological polar surface area (TPSA) is 99.9 Å². The van der Waals surface area contributed by atoms with Crippen LogP contribution in [0.1, 0.15) is 36.3 Å². The first-order valence-electron chi connectivity index (χ1n) is 7.58. The van der Waals surface area contributed by atoms with Crippen LogP contribution in [0.25, 0.3) is 0 Å². The average Bonchev–Trinajstić information content (AvgIpc) is 2.95. The number of hydrogen-bond donors (Lipinski definition) is 3. The first-order chi connectivity index (χ1) is 11.5. The number of hydrogen-bond acceptors (Lipinski definition) is 4. The van der Waals surface area contributed by atoms with Gasteiger partial charge in [0.05, 0.1) is 6.10 Å². The molecule has 3 rings (SSSR count). The molecule has 1 heterocycles. The standard InChI is InChI=1S/C15H16F2N4O3/c16-8-5-9(17)7-12(6-8)24-11-3-1-10(2-4-11)18-14(22)13-19-15(23)21-20-13/h5-7,10-11H,1-4H2,(H,18,22)(H2,19,20,21,23). The lowest BCUT2D eigenvalue weighted by Crippen LogP contribution is -2.40. The van der Waals surface area contributed by atoms with E-state index in [4.69, 9.17) is 4.74 Å². The molecule has 1 saturated carbocycles. The monoisotopic (exact) mass is 338 g/mol. The van der Waals surface area contributed by atoms with Crippen molar-refractivity contribution >= 4 is 5.91 Å². The first kappa shape index (κ1) is 16.2. The molecule has 0 spiro atoms. The summed E-state index contributed by atoms with van der Waals surface area (Å²) in [7, 11) is 0. The van der Waals surface area contributed by atoms with Crippen LogP contribution < -0.4 is 15.7 Å². The van der Waals surface area contributed by atoms with E-state index in [1.54, 1.807) is 0 Å². The minimum atomic E-state index is -0.682. The van der Waals surface area contributed by atoms with Crippen molar-refractivity contribution < 1.29 is 18.3 Å². The molecule has 1 aliphatic carbocycles. The Hall–Kier alpha value is -2.71. The number of nitrogens with zero attached hydrogens (tertiary/aromatic N) is 1. The van der Waals surface area contributed by atoms with Gasteiger partial charge in [-0.25, -0.2) is 18.7 Å². The van der Waals surface area contributed by atoms with E-state index in [1.165, 1.54) is 0 Å². The molecule has 0 radical (unpaired) electrons. The van der Waals surface area contributed by atoms with Crippen LogP contribution in [0, 0.1) is 11.6 Å². The van der Waals surface area contributed by atoms with Crippen molar-refractivity contribution in [2.75, 3.05) is 0 Å². The maximum absolute atomic E-state index is 13.1. The van der Waals surface area contributed by atoms with Gasteiger partial charge in [-0.15, -0.1) is 5.10 Å². The summed E-state index contributed by atoms with van der Waals surface area (Å²) in [5.41, 5.74) is -0.542. The molecule has 1 amide bonds. The van der Waals surface area contributed by atoms with Crippen LogP contribution in [-0.2, 0) is 0 Å². The number of amides is 1. The zero-order chi connectivity index (χ0) is 17.1. The lowest BCUT2D eigenvalue weighted by Gasteiger charge is -2.29. The van der Waals surface area contributed by atoms with E-state index >= 15 is 0 Å². The summed E-state index contributed by atoms with van der Waals surface area (Å²) in [6.45, 7) is 0. The van der Waals surface area contributed by atoms with Crippen molar-refractivity contribution in [3.8, 4) is 5.75 Å². The maximum atomic E-state index is 13.1. The molecule has 0 atom stereocenters. The van der Waals surface area contributed by atoms with Gasteiger partial charge < -0.3 is 10.1 Å². The minimum Gasteiger partial charge on any atom is -0.490 e. The fourth-order valence-electron chi connectivity index (χ4n) is 2.75.